The Kier molecular flexibility index (Phi) is 7.50. The minimum atomic E-state index is -1.54. The van der Waals surface area contributed by atoms with Crippen molar-refractivity contribution < 1.29 is 38.5 Å². The van der Waals surface area contributed by atoms with Crippen LogP contribution in [0.4, 0.5) is 0 Å². The highest BCUT2D eigenvalue weighted by atomic mass is 16.5. The average Bonchev–Trinajstić information content (AvgIpc) is 3.16. The van der Waals surface area contributed by atoms with E-state index in [0.29, 0.717) is 11.1 Å². The Hall–Kier alpha value is -4.15. The molecule has 1 heterocycles. The number of ether oxygens (including phenoxy) is 1. The Morgan fingerprint density at radius 1 is 1.19 bits per heavy atom. The van der Waals surface area contributed by atoms with Crippen LogP contribution < -0.4 is 15.8 Å². The topological polar surface area (TPSA) is 193 Å². The highest BCUT2D eigenvalue weighted by Crippen LogP contribution is 2.21. The van der Waals surface area contributed by atoms with E-state index in [2.05, 4.69) is 5.32 Å². The van der Waals surface area contributed by atoms with Gasteiger partial charge in [0.25, 0.3) is 0 Å². The Labute approximate surface area is 176 Å². The number of nitrogens with one attached hydrogen (secondary N) is 2. The normalized spacial score (nSPS) is 11.4. The molecule has 1 amide bonds. The van der Waals surface area contributed by atoms with Crippen LogP contribution in [0, 0.1) is 12.3 Å². The molecule has 0 spiro atoms. The number of carbonyl (C=O) groups is 4. The number of rotatable bonds is 10. The predicted molar refractivity (Wildman–Crippen MR) is 106 cm³/mol. The number of furan rings is 1. The van der Waals surface area contributed by atoms with Gasteiger partial charge in [0, 0.05) is 18.4 Å². The molecule has 0 saturated carbocycles. The summed E-state index contributed by atoms with van der Waals surface area (Å²) >= 11 is 0. The number of hydrogen-bond acceptors (Lipinski definition) is 7. The first-order chi connectivity index (χ1) is 14.6. The second kappa shape index (κ2) is 10.1. The summed E-state index contributed by atoms with van der Waals surface area (Å²) in [5.41, 5.74) is 6.50. The van der Waals surface area contributed by atoms with Crippen LogP contribution in [0.3, 0.4) is 0 Å². The van der Waals surface area contributed by atoms with Gasteiger partial charge in [-0.15, -0.1) is 0 Å². The van der Waals surface area contributed by atoms with Crippen LogP contribution in [-0.2, 0) is 20.8 Å². The first kappa shape index (κ1) is 23.1. The summed E-state index contributed by atoms with van der Waals surface area (Å²) in [6, 6.07) is 5.96. The Morgan fingerprint density at radius 2 is 1.90 bits per heavy atom. The molecular formula is C20H21N3O8. The van der Waals surface area contributed by atoms with E-state index < -0.39 is 36.3 Å². The van der Waals surface area contributed by atoms with E-state index >= 15 is 0 Å². The first-order valence-electron chi connectivity index (χ1n) is 9.06. The standard InChI is InChI=1S/C20H21N3O8/c1-10-8-11(18(21)22)2-5-14(10)31-20(29)15-6-3-12(30-15)4-7-16(24)23-13(19(27)28)9-17(25)26/h2-3,5-6,8,13H,4,7,9H2,1H3,(H3,21,22)(H,23,24)(H,25,26)(H,27,28)/t13-/m0/s1. The third kappa shape index (κ3) is 6.70. The van der Waals surface area contributed by atoms with E-state index in [9.17, 15) is 19.2 Å². The van der Waals surface area contributed by atoms with Crippen LogP contribution in [0.15, 0.2) is 34.7 Å². The lowest BCUT2D eigenvalue weighted by Crippen LogP contribution is -2.42. The molecule has 2 rings (SSSR count). The van der Waals surface area contributed by atoms with Crippen molar-refractivity contribution >= 4 is 29.7 Å². The second-order valence-corrected chi connectivity index (χ2v) is 6.61. The number of amidine groups is 1. The largest absolute Gasteiger partial charge is 0.481 e. The van der Waals surface area contributed by atoms with E-state index in [0.717, 1.165) is 0 Å². The van der Waals surface area contributed by atoms with E-state index in [1.54, 1.807) is 19.1 Å². The van der Waals surface area contributed by atoms with E-state index in [1.807, 2.05) is 0 Å². The molecule has 164 valence electrons. The predicted octanol–water partition coefficient (Wildman–Crippen LogP) is 1.07. The van der Waals surface area contributed by atoms with Crippen LogP contribution in [0.5, 0.6) is 5.75 Å². The molecule has 11 nitrogen and oxygen atoms in total. The van der Waals surface area contributed by atoms with Gasteiger partial charge in [0.15, 0.2) is 0 Å². The van der Waals surface area contributed by atoms with Crippen molar-refractivity contribution in [3.8, 4) is 5.75 Å². The zero-order valence-electron chi connectivity index (χ0n) is 16.5. The molecule has 2 aromatic rings. The molecule has 1 atom stereocenters. The lowest BCUT2D eigenvalue weighted by molar-refractivity contribution is -0.147. The summed E-state index contributed by atoms with van der Waals surface area (Å²) in [7, 11) is 0. The third-order valence-electron chi connectivity index (χ3n) is 4.16. The number of esters is 1. The van der Waals surface area contributed by atoms with Gasteiger partial charge in [0.05, 0.1) is 6.42 Å². The molecule has 6 N–H and O–H groups in total. The zero-order chi connectivity index (χ0) is 23.1. The van der Waals surface area contributed by atoms with Crippen molar-refractivity contribution in [3.05, 3.63) is 53.0 Å². The fourth-order valence-corrected chi connectivity index (χ4v) is 2.58. The molecular weight excluding hydrogens is 410 g/mol. The summed E-state index contributed by atoms with van der Waals surface area (Å²) in [6.07, 6.45) is -0.855. The molecule has 1 aromatic carbocycles. The number of aryl methyl sites for hydroxylation is 2. The lowest BCUT2D eigenvalue weighted by Gasteiger charge is -2.11. The number of carbonyl (C=O) groups excluding carboxylic acids is 2. The van der Waals surface area contributed by atoms with Crippen LogP contribution in [0.2, 0.25) is 0 Å². The van der Waals surface area contributed by atoms with E-state index in [-0.39, 0.29) is 35.9 Å². The SMILES string of the molecule is Cc1cc(C(=N)N)ccc1OC(=O)c1ccc(CCC(=O)N[C@@H](CC(=O)O)C(=O)O)o1. The minimum Gasteiger partial charge on any atom is -0.481 e. The summed E-state index contributed by atoms with van der Waals surface area (Å²) in [5.74, 6) is -3.89. The quantitative estimate of drug-likeness (QED) is 0.158. The number of nitrogen functional groups attached to an aromatic ring is 1. The number of nitrogens with two attached hydrogens (primary N) is 1. The van der Waals surface area contributed by atoms with Gasteiger partial charge in [-0.1, -0.05) is 0 Å². The Bertz CT molecular complexity index is 1030. The average molecular weight is 431 g/mol. The van der Waals surface area contributed by atoms with Gasteiger partial charge >= 0.3 is 17.9 Å². The van der Waals surface area contributed by atoms with Gasteiger partial charge in [0.1, 0.15) is 23.4 Å². The van der Waals surface area contributed by atoms with Crippen molar-refractivity contribution in [1.82, 2.24) is 5.32 Å². The van der Waals surface area contributed by atoms with Gasteiger partial charge in [-0.25, -0.2) is 9.59 Å². The van der Waals surface area contributed by atoms with Gasteiger partial charge in [-0.2, -0.15) is 0 Å². The number of hydrogen-bond donors (Lipinski definition) is 5. The summed E-state index contributed by atoms with van der Waals surface area (Å²) in [5, 5.41) is 27.2. The number of aliphatic carboxylic acids is 2. The van der Waals surface area contributed by atoms with Crippen molar-refractivity contribution in [2.45, 2.75) is 32.2 Å². The zero-order valence-corrected chi connectivity index (χ0v) is 16.5. The molecule has 0 aliphatic carbocycles. The fourth-order valence-electron chi connectivity index (χ4n) is 2.58. The smallest absolute Gasteiger partial charge is 0.379 e. The van der Waals surface area contributed by atoms with Crippen molar-refractivity contribution in [1.29, 1.82) is 5.41 Å². The van der Waals surface area contributed by atoms with Gasteiger partial charge in [0.2, 0.25) is 11.7 Å². The lowest BCUT2D eigenvalue weighted by atomic mass is 10.1. The van der Waals surface area contributed by atoms with Crippen molar-refractivity contribution in [2.24, 2.45) is 5.73 Å². The molecule has 0 fully saturated rings. The Balaban J connectivity index is 1.93. The molecule has 0 radical (unpaired) electrons. The maximum absolute atomic E-state index is 12.3. The van der Waals surface area contributed by atoms with Gasteiger partial charge in [-0.05, 0) is 42.8 Å². The maximum atomic E-state index is 12.3. The van der Waals surface area contributed by atoms with Crippen molar-refractivity contribution in [3.63, 3.8) is 0 Å². The van der Waals surface area contributed by atoms with E-state index in [4.69, 9.17) is 30.5 Å². The number of benzene rings is 1. The third-order valence-corrected chi connectivity index (χ3v) is 4.16. The molecule has 0 aliphatic rings. The summed E-state index contributed by atoms with van der Waals surface area (Å²) in [6.45, 7) is 1.69. The molecule has 11 heteroatoms. The molecule has 31 heavy (non-hydrogen) atoms. The molecule has 0 bridgehead atoms. The monoisotopic (exact) mass is 431 g/mol. The molecule has 0 aliphatic heterocycles. The summed E-state index contributed by atoms with van der Waals surface area (Å²) < 4.78 is 10.6. The fraction of sp³-hybridized carbons (Fsp3) is 0.250. The highest BCUT2D eigenvalue weighted by Gasteiger charge is 2.23. The van der Waals surface area contributed by atoms with Crippen LogP contribution in [0.25, 0.3) is 0 Å². The van der Waals surface area contributed by atoms with Gasteiger partial charge in [-0.3, -0.25) is 15.0 Å². The number of carboxylic acid groups (broad SMARTS) is 2. The highest BCUT2D eigenvalue weighted by molar-refractivity contribution is 5.95. The van der Waals surface area contributed by atoms with Crippen LogP contribution in [-0.4, -0.2) is 45.9 Å². The molecule has 1 aromatic heterocycles. The second-order valence-electron chi connectivity index (χ2n) is 6.61. The summed E-state index contributed by atoms with van der Waals surface area (Å²) in [4.78, 5) is 45.8. The van der Waals surface area contributed by atoms with E-state index in [1.165, 1.54) is 18.2 Å². The number of carboxylic acids is 2. The Morgan fingerprint density at radius 3 is 2.48 bits per heavy atom. The maximum Gasteiger partial charge on any atom is 0.379 e. The number of amides is 1. The van der Waals surface area contributed by atoms with Crippen molar-refractivity contribution in [2.75, 3.05) is 0 Å². The minimum absolute atomic E-state index is 0.0604. The van der Waals surface area contributed by atoms with Crippen LogP contribution in [0.1, 0.15) is 40.3 Å². The van der Waals surface area contributed by atoms with Crippen LogP contribution >= 0.6 is 0 Å². The van der Waals surface area contributed by atoms with Gasteiger partial charge < -0.3 is 30.4 Å². The first-order valence-corrected chi connectivity index (χ1v) is 9.06. The molecule has 0 unspecified atom stereocenters. The molecule has 0 saturated heterocycles.